The Morgan fingerprint density at radius 2 is 2.38 bits per heavy atom. The van der Waals surface area contributed by atoms with Crippen molar-refractivity contribution >= 4 is 0 Å². The second kappa shape index (κ2) is 3.65. The molecule has 0 N–H and O–H groups in total. The summed E-state index contributed by atoms with van der Waals surface area (Å²) in [7, 11) is 0. The summed E-state index contributed by atoms with van der Waals surface area (Å²) < 4.78 is 11.8. The zero-order valence-electron chi connectivity index (χ0n) is 5.63. The zero-order valence-corrected chi connectivity index (χ0v) is 4.63. The van der Waals surface area contributed by atoms with Crippen LogP contribution in [0.4, 0.5) is 4.39 Å². The van der Waals surface area contributed by atoms with Crippen molar-refractivity contribution in [3.8, 4) is 0 Å². The fourth-order valence-electron chi connectivity index (χ4n) is 0.342. The molecule has 0 aromatic carbocycles. The number of rotatable bonds is 0. The monoisotopic (exact) mass is 105 g/mol. The van der Waals surface area contributed by atoms with E-state index in [-0.39, 0.29) is 26.1 Å². The predicted molar refractivity (Wildman–Crippen MR) is 25.3 cm³/mol. The van der Waals surface area contributed by atoms with Gasteiger partial charge < -0.3 is 1.43 Å². The van der Waals surface area contributed by atoms with Crippen molar-refractivity contribution in [1.82, 2.24) is 4.98 Å². The Labute approximate surface area is 60.6 Å². The number of aromatic nitrogens is 1. The maximum atomic E-state index is 11.8. The van der Waals surface area contributed by atoms with Gasteiger partial charge in [-0.3, -0.25) is 4.98 Å². The van der Waals surface area contributed by atoms with Crippen LogP contribution >= 0.6 is 0 Å². The second-order valence-electron chi connectivity index (χ2n) is 1.17. The third-order valence-corrected chi connectivity index (χ3v) is 0.625. The minimum Gasteiger partial charge on any atom is -1.00 e. The Morgan fingerprint density at radius 1 is 1.62 bits per heavy atom. The van der Waals surface area contributed by atoms with Gasteiger partial charge in [-0.1, -0.05) is 0 Å². The van der Waals surface area contributed by atoms with Gasteiger partial charge in [0.25, 0.3) is 0 Å². The molecule has 0 saturated heterocycles. The van der Waals surface area contributed by atoms with Gasteiger partial charge in [-0.15, -0.1) is 0 Å². The van der Waals surface area contributed by atoms with Crippen LogP contribution in [0.5, 0.6) is 0 Å². The summed E-state index contributed by atoms with van der Waals surface area (Å²) >= 11 is 0. The fraction of sp³-hybridized carbons (Fsp3) is 0. The van der Waals surface area contributed by atoms with Gasteiger partial charge in [0.05, 0.1) is 6.20 Å². The zero-order chi connectivity index (χ0) is 5.11. The first kappa shape index (κ1) is 7.68. The Kier molecular flexibility index (Phi) is 3.50. The van der Waals surface area contributed by atoms with E-state index in [9.17, 15) is 4.39 Å². The number of pyridine rings is 1. The summed E-state index contributed by atoms with van der Waals surface area (Å²) in [6.45, 7) is 0. The molecular weight excluding hydrogens is 100 g/mol. The van der Waals surface area contributed by atoms with E-state index in [0.29, 0.717) is 0 Å². The molecular formula is C5H5FLiN. The molecule has 38 valence electrons. The van der Waals surface area contributed by atoms with E-state index in [1.54, 1.807) is 6.07 Å². The molecule has 1 heterocycles. The summed E-state index contributed by atoms with van der Waals surface area (Å²) in [5.41, 5.74) is 0. The van der Waals surface area contributed by atoms with Crippen LogP contribution in [-0.2, 0) is 0 Å². The molecule has 1 aromatic rings. The summed E-state index contributed by atoms with van der Waals surface area (Å²) in [6, 6.07) is 2.91. The Hall–Kier alpha value is -0.323. The van der Waals surface area contributed by atoms with Crippen LogP contribution in [0.3, 0.4) is 0 Å². The maximum absolute atomic E-state index is 11.8. The van der Waals surface area contributed by atoms with Crippen molar-refractivity contribution in [2.24, 2.45) is 0 Å². The molecule has 0 spiro atoms. The van der Waals surface area contributed by atoms with Crippen molar-refractivity contribution in [3.05, 3.63) is 30.3 Å². The molecule has 0 radical (unpaired) electrons. The third-order valence-electron chi connectivity index (χ3n) is 0.625. The van der Waals surface area contributed by atoms with Crippen LogP contribution < -0.4 is 18.9 Å². The molecule has 8 heavy (non-hydrogen) atoms. The van der Waals surface area contributed by atoms with Gasteiger partial charge in [-0.2, -0.15) is 0 Å². The van der Waals surface area contributed by atoms with E-state index in [4.69, 9.17) is 0 Å². The van der Waals surface area contributed by atoms with Gasteiger partial charge in [-0.25, -0.2) is 4.39 Å². The first-order valence-corrected chi connectivity index (χ1v) is 1.95. The SMILES string of the molecule is Fc1cccnc1.[H-].[Li+]. The third kappa shape index (κ3) is 2.11. The Bertz CT molecular complexity index is 147. The molecule has 0 aliphatic rings. The molecule has 0 atom stereocenters. The smallest absolute Gasteiger partial charge is 1.00 e. The van der Waals surface area contributed by atoms with Crippen LogP contribution in [0.15, 0.2) is 24.5 Å². The van der Waals surface area contributed by atoms with Crippen molar-refractivity contribution in [1.29, 1.82) is 0 Å². The fourth-order valence-corrected chi connectivity index (χ4v) is 0.342. The second-order valence-corrected chi connectivity index (χ2v) is 1.17. The van der Waals surface area contributed by atoms with Crippen LogP contribution in [0, 0.1) is 5.82 Å². The Morgan fingerprint density at radius 3 is 2.62 bits per heavy atom. The molecule has 0 amide bonds. The summed E-state index contributed by atoms with van der Waals surface area (Å²) in [6.07, 6.45) is 2.70. The number of hydrogen-bond donors (Lipinski definition) is 0. The van der Waals surface area contributed by atoms with Crippen LogP contribution in [0.2, 0.25) is 0 Å². The van der Waals surface area contributed by atoms with Gasteiger partial charge >= 0.3 is 18.9 Å². The molecule has 0 aliphatic heterocycles. The molecule has 1 nitrogen and oxygen atoms in total. The normalized spacial score (nSPS) is 7.62. The van der Waals surface area contributed by atoms with Crippen LogP contribution in [0.25, 0.3) is 0 Å². The minimum absolute atomic E-state index is 0. The van der Waals surface area contributed by atoms with E-state index in [1.165, 1.54) is 18.5 Å². The summed E-state index contributed by atoms with van der Waals surface area (Å²) in [5.74, 6) is -0.289. The van der Waals surface area contributed by atoms with Gasteiger partial charge in [0, 0.05) is 6.20 Å². The minimum atomic E-state index is -0.289. The quantitative estimate of drug-likeness (QED) is 0.360. The molecule has 3 heteroatoms. The molecule has 0 fully saturated rings. The van der Waals surface area contributed by atoms with Gasteiger partial charge in [0.2, 0.25) is 0 Å². The first-order valence-electron chi connectivity index (χ1n) is 1.95. The van der Waals surface area contributed by atoms with Crippen molar-refractivity contribution < 1.29 is 24.7 Å². The molecule has 1 aromatic heterocycles. The average molecular weight is 105 g/mol. The summed E-state index contributed by atoms with van der Waals surface area (Å²) in [4.78, 5) is 3.51. The molecule has 0 unspecified atom stereocenters. The summed E-state index contributed by atoms with van der Waals surface area (Å²) in [5, 5.41) is 0. The molecule has 1 rings (SSSR count). The van der Waals surface area contributed by atoms with E-state index < -0.39 is 0 Å². The molecule has 0 aliphatic carbocycles. The number of nitrogens with zero attached hydrogens (tertiary/aromatic N) is 1. The van der Waals surface area contributed by atoms with Crippen LogP contribution in [0.1, 0.15) is 1.43 Å². The Balaban J connectivity index is 0. The maximum Gasteiger partial charge on any atom is 1.00 e. The average Bonchev–Trinajstić information content (AvgIpc) is 1.69. The van der Waals surface area contributed by atoms with Crippen molar-refractivity contribution in [2.75, 3.05) is 0 Å². The topological polar surface area (TPSA) is 12.9 Å². The van der Waals surface area contributed by atoms with Crippen molar-refractivity contribution in [2.45, 2.75) is 0 Å². The van der Waals surface area contributed by atoms with E-state index in [1.807, 2.05) is 0 Å². The van der Waals surface area contributed by atoms with Crippen LogP contribution in [-0.4, -0.2) is 4.98 Å². The van der Waals surface area contributed by atoms with Gasteiger partial charge in [-0.05, 0) is 12.1 Å². The standard InChI is InChI=1S/C5H4FN.Li.H/c6-5-2-1-3-7-4-5;;/h1-4H;;/q;+1;-1. The predicted octanol–water partition coefficient (Wildman–Crippen LogP) is -1.66. The van der Waals surface area contributed by atoms with Gasteiger partial charge in [0.1, 0.15) is 5.82 Å². The molecule has 0 saturated carbocycles. The number of halogens is 1. The van der Waals surface area contributed by atoms with E-state index in [0.717, 1.165) is 0 Å². The molecule has 0 bridgehead atoms. The number of hydrogen-bond acceptors (Lipinski definition) is 1. The largest absolute Gasteiger partial charge is 1.00 e. The first-order chi connectivity index (χ1) is 3.39. The van der Waals surface area contributed by atoms with Crippen molar-refractivity contribution in [3.63, 3.8) is 0 Å². The van der Waals surface area contributed by atoms with E-state index >= 15 is 0 Å². The van der Waals surface area contributed by atoms with E-state index in [2.05, 4.69) is 4.98 Å². The van der Waals surface area contributed by atoms with Gasteiger partial charge in [0.15, 0.2) is 0 Å².